The zero-order valence-corrected chi connectivity index (χ0v) is 17.2. The van der Waals surface area contributed by atoms with Gasteiger partial charge in [0.2, 0.25) is 5.01 Å². The lowest BCUT2D eigenvalue weighted by Crippen LogP contribution is -2.28. The number of halogens is 1. The summed E-state index contributed by atoms with van der Waals surface area (Å²) in [5, 5.41) is 17.2. The Morgan fingerprint density at radius 1 is 1.07 bits per heavy atom. The second kappa shape index (κ2) is 9.35. The molecule has 0 fully saturated rings. The van der Waals surface area contributed by atoms with E-state index in [9.17, 15) is 9.59 Å². The standard InChI is InChI=1S/C19H18ClN5O3S/c1-11-3-4-13(9-15(11)20)23-19(27)21-10-16-24-25-18(29-16)17(26)22-12-5-7-14(28-2)8-6-12/h3-9H,10H2,1-2H3,(H,22,26)(H2,21,23,27). The van der Waals surface area contributed by atoms with Crippen molar-refractivity contribution < 1.29 is 14.3 Å². The number of nitrogens with zero attached hydrogens (tertiary/aromatic N) is 2. The molecule has 0 atom stereocenters. The molecule has 3 N–H and O–H groups in total. The molecule has 0 unspecified atom stereocenters. The van der Waals surface area contributed by atoms with Gasteiger partial charge in [0.05, 0.1) is 13.7 Å². The molecular formula is C19H18ClN5O3S. The van der Waals surface area contributed by atoms with Gasteiger partial charge in [-0.2, -0.15) is 0 Å². The molecule has 29 heavy (non-hydrogen) atoms. The minimum atomic E-state index is -0.413. The van der Waals surface area contributed by atoms with Gasteiger partial charge in [0.1, 0.15) is 10.8 Å². The van der Waals surface area contributed by atoms with Gasteiger partial charge in [-0.05, 0) is 48.9 Å². The zero-order chi connectivity index (χ0) is 20.8. The number of ether oxygens (including phenoxy) is 1. The Bertz CT molecular complexity index is 1020. The molecule has 0 saturated carbocycles. The van der Waals surface area contributed by atoms with Crippen LogP contribution in [0.2, 0.25) is 5.02 Å². The van der Waals surface area contributed by atoms with Crippen LogP contribution in [0.1, 0.15) is 20.4 Å². The number of aromatic nitrogens is 2. The number of anilines is 2. The number of carbonyl (C=O) groups excluding carboxylic acids is 2. The van der Waals surface area contributed by atoms with Gasteiger partial charge in [0.25, 0.3) is 5.91 Å². The van der Waals surface area contributed by atoms with E-state index in [1.807, 2.05) is 13.0 Å². The highest BCUT2D eigenvalue weighted by atomic mass is 35.5. The highest BCUT2D eigenvalue weighted by molar-refractivity contribution is 7.13. The Morgan fingerprint density at radius 3 is 2.48 bits per heavy atom. The minimum Gasteiger partial charge on any atom is -0.497 e. The number of hydrogen-bond donors (Lipinski definition) is 3. The number of hydrogen-bond acceptors (Lipinski definition) is 6. The number of amides is 3. The molecule has 3 aromatic rings. The molecule has 1 aromatic heterocycles. The zero-order valence-electron chi connectivity index (χ0n) is 15.7. The van der Waals surface area contributed by atoms with Gasteiger partial charge in [0.15, 0.2) is 0 Å². The third-order valence-electron chi connectivity index (χ3n) is 3.84. The SMILES string of the molecule is COc1ccc(NC(=O)c2nnc(CNC(=O)Nc3ccc(C)c(Cl)c3)s2)cc1. The number of benzene rings is 2. The third kappa shape index (κ3) is 5.66. The number of carbonyl (C=O) groups is 2. The van der Waals surface area contributed by atoms with Gasteiger partial charge < -0.3 is 20.7 Å². The molecule has 3 rings (SSSR count). The predicted molar refractivity (Wildman–Crippen MR) is 113 cm³/mol. The van der Waals surface area contributed by atoms with E-state index >= 15 is 0 Å². The molecule has 3 amide bonds. The summed E-state index contributed by atoms with van der Waals surface area (Å²) in [6, 6.07) is 11.8. The van der Waals surface area contributed by atoms with E-state index in [1.165, 1.54) is 0 Å². The van der Waals surface area contributed by atoms with Crippen molar-refractivity contribution in [1.29, 1.82) is 0 Å². The first-order chi connectivity index (χ1) is 13.9. The Morgan fingerprint density at radius 2 is 1.79 bits per heavy atom. The van der Waals surface area contributed by atoms with E-state index in [4.69, 9.17) is 16.3 Å². The van der Waals surface area contributed by atoms with Crippen molar-refractivity contribution in [3.8, 4) is 5.75 Å². The second-order valence-corrected chi connectivity index (χ2v) is 7.42. The van der Waals surface area contributed by atoms with Crippen LogP contribution in [-0.4, -0.2) is 29.2 Å². The van der Waals surface area contributed by atoms with Gasteiger partial charge >= 0.3 is 6.03 Å². The molecule has 0 bridgehead atoms. The summed E-state index contributed by atoms with van der Waals surface area (Å²) in [6.07, 6.45) is 0. The van der Waals surface area contributed by atoms with Crippen LogP contribution in [0, 0.1) is 6.92 Å². The van der Waals surface area contributed by atoms with Crippen molar-refractivity contribution >= 4 is 46.3 Å². The monoisotopic (exact) mass is 431 g/mol. The Labute approximate surface area is 176 Å². The summed E-state index contributed by atoms with van der Waals surface area (Å²) >= 11 is 7.14. The first-order valence-corrected chi connectivity index (χ1v) is 9.73. The summed E-state index contributed by atoms with van der Waals surface area (Å²) in [4.78, 5) is 24.3. The average molecular weight is 432 g/mol. The quantitative estimate of drug-likeness (QED) is 0.545. The van der Waals surface area contributed by atoms with Gasteiger partial charge in [-0.3, -0.25) is 4.79 Å². The smallest absolute Gasteiger partial charge is 0.319 e. The normalized spacial score (nSPS) is 10.3. The first-order valence-electron chi connectivity index (χ1n) is 8.53. The lowest BCUT2D eigenvalue weighted by atomic mass is 10.2. The Kier molecular flexibility index (Phi) is 6.63. The van der Waals surface area contributed by atoms with Crippen LogP contribution in [0.3, 0.4) is 0 Å². The van der Waals surface area contributed by atoms with Crippen LogP contribution in [0.4, 0.5) is 16.2 Å². The molecular weight excluding hydrogens is 414 g/mol. The number of aryl methyl sites for hydroxylation is 1. The maximum atomic E-state index is 12.3. The Balaban J connectivity index is 1.51. The van der Waals surface area contributed by atoms with Crippen molar-refractivity contribution in [3.63, 3.8) is 0 Å². The van der Waals surface area contributed by atoms with Gasteiger partial charge in [0, 0.05) is 16.4 Å². The molecule has 2 aromatic carbocycles. The number of rotatable bonds is 6. The van der Waals surface area contributed by atoms with Crippen LogP contribution >= 0.6 is 22.9 Å². The molecule has 0 aliphatic heterocycles. The van der Waals surface area contributed by atoms with Crippen molar-refractivity contribution in [1.82, 2.24) is 15.5 Å². The number of methoxy groups -OCH3 is 1. The van der Waals surface area contributed by atoms with Crippen molar-refractivity contribution in [2.24, 2.45) is 0 Å². The van der Waals surface area contributed by atoms with Crippen molar-refractivity contribution in [2.75, 3.05) is 17.7 Å². The summed E-state index contributed by atoms with van der Waals surface area (Å²) in [5.41, 5.74) is 2.11. The van der Waals surface area contributed by atoms with E-state index < -0.39 is 6.03 Å². The highest BCUT2D eigenvalue weighted by Gasteiger charge is 2.14. The maximum Gasteiger partial charge on any atom is 0.319 e. The molecule has 150 valence electrons. The summed E-state index contributed by atoms with van der Waals surface area (Å²) < 4.78 is 5.08. The number of nitrogens with one attached hydrogen (secondary N) is 3. The predicted octanol–water partition coefficient (Wildman–Crippen LogP) is 4.08. The molecule has 0 spiro atoms. The molecule has 0 aliphatic rings. The fourth-order valence-corrected chi connectivity index (χ4v) is 3.13. The van der Waals surface area contributed by atoms with E-state index in [1.54, 1.807) is 43.5 Å². The molecule has 0 aliphatic carbocycles. The minimum absolute atomic E-state index is 0.138. The largest absolute Gasteiger partial charge is 0.497 e. The van der Waals surface area contributed by atoms with Crippen LogP contribution in [-0.2, 0) is 6.54 Å². The van der Waals surface area contributed by atoms with Gasteiger partial charge in [-0.1, -0.05) is 29.0 Å². The van der Waals surface area contributed by atoms with Crippen molar-refractivity contribution in [3.05, 3.63) is 63.1 Å². The highest BCUT2D eigenvalue weighted by Crippen LogP contribution is 2.20. The number of urea groups is 1. The molecule has 0 saturated heterocycles. The topological polar surface area (TPSA) is 105 Å². The summed E-state index contributed by atoms with van der Waals surface area (Å²) in [5.74, 6) is 0.316. The third-order valence-corrected chi connectivity index (χ3v) is 5.17. The fraction of sp³-hybridized carbons (Fsp3) is 0.158. The molecule has 1 heterocycles. The Hall–Kier alpha value is -3.17. The van der Waals surface area contributed by atoms with E-state index in [2.05, 4.69) is 26.1 Å². The van der Waals surface area contributed by atoms with Crippen LogP contribution < -0.4 is 20.7 Å². The van der Waals surface area contributed by atoms with E-state index in [0.717, 1.165) is 16.9 Å². The fourth-order valence-electron chi connectivity index (χ4n) is 2.28. The van der Waals surface area contributed by atoms with Crippen LogP contribution in [0.5, 0.6) is 5.75 Å². The van der Waals surface area contributed by atoms with Crippen LogP contribution in [0.15, 0.2) is 42.5 Å². The summed E-state index contributed by atoms with van der Waals surface area (Å²) in [7, 11) is 1.57. The molecule has 10 heteroatoms. The first kappa shape index (κ1) is 20.6. The lowest BCUT2D eigenvalue weighted by molar-refractivity contribution is 0.102. The average Bonchev–Trinajstić information content (AvgIpc) is 3.19. The summed E-state index contributed by atoms with van der Waals surface area (Å²) in [6.45, 7) is 2.02. The molecule has 0 radical (unpaired) electrons. The van der Waals surface area contributed by atoms with E-state index in [-0.39, 0.29) is 17.5 Å². The van der Waals surface area contributed by atoms with Crippen LogP contribution in [0.25, 0.3) is 0 Å². The van der Waals surface area contributed by atoms with Crippen molar-refractivity contribution in [2.45, 2.75) is 13.5 Å². The van der Waals surface area contributed by atoms with Gasteiger partial charge in [-0.15, -0.1) is 10.2 Å². The van der Waals surface area contributed by atoms with Gasteiger partial charge in [-0.25, -0.2) is 4.79 Å². The van der Waals surface area contributed by atoms with E-state index in [0.29, 0.717) is 27.2 Å². The molecule has 8 nitrogen and oxygen atoms in total. The lowest BCUT2D eigenvalue weighted by Gasteiger charge is -2.07. The maximum absolute atomic E-state index is 12.3. The second-order valence-electron chi connectivity index (χ2n) is 5.96.